The van der Waals surface area contributed by atoms with Crippen molar-refractivity contribution >= 4 is 29.0 Å². The summed E-state index contributed by atoms with van der Waals surface area (Å²) in [6.45, 7) is 0.945. The Bertz CT molecular complexity index is 1150. The number of hydrogen-bond donors (Lipinski definition) is 1. The fourth-order valence-electron chi connectivity index (χ4n) is 3.07. The first-order chi connectivity index (χ1) is 17.9. The minimum absolute atomic E-state index is 0.0630. The van der Waals surface area contributed by atoms with Gasteiger partial charge in [-0.1, -0.05) is 35.3 Å². The first-order valence-electron chi connectivity index (χ1n) is 11.0. The number of aliphatic imine (C=N–C) groups is 1. The third-order valence-electron chi connectivity index (χ3n) is 4.69. The molecule has 2 aromatic rings. The van der Waals surface area contributed by atoms with Gasteiger partial charge in [0.25, 0.3) is 6.20 Å². The highest BCUT2D eigenvalue weighted by Gasteiger charge is 2.23. The average Bonchev–Trinajstić information content (AvgIpc) is 2.85. The molecule has 2 aromatic heterocycles. The molecule has 0 unspecified atom stereocenters. The molecule has 0 aromatic carbocycles. The molecule has 0 bridgehead atoms. The summed E-state index contributed by atoms with van der Waals surface area (Å²) in [5, 5.41) is 25.2. The van der Waals surface area contributed by atoms with E-state index in [2.05, 4.69) is 20.3 Å². The highest BCUT2D eigenvalue weighted by atomic mass is 35.5. The molecule has 0 aliphatic rings. The van der Waals surface area contributed by atoms with Crippen molar-refractivity contribution in [1.29, 1.82) is 0 Å². The van der Waals surface area contributed by atoms with E-state index in [0.29, 0.717) is 35.1 Å². The summed E-state index contributed by atoms with van der Waals surface area (Å²) in [5.41, 5.74) is 1.74. The molecule has 0 aliphatic carbocycles. The molecule has 206 valence electrons. The van der Waals surface area contributed by atoms with Gasteiger partial charge in [-0.25, -0.2) is 9.97 Å². The number of rotatable bonds is 10. The zero-order chi connectivity index (χ0) is 28.8. The van der Waals surface area contributed by atoms with Crippen molar-refractivity contribution in [2.24, 2.45) is 4.99 Å². The highest BCUT2D eigenvalue weighted by molar-refractivity contribution is 6.29. The van der Waals surface area contributed by atoms with Gasteiger partial charge in [-0.05, 0) is 23.3 Å². The minimum atomic E-state index is -0.498. The lowest BCUT2D eigenvalue weighted by Gasteiger charge is -2.19. The van der Waals surface area contributed by atoms with Crippen LogP contribution in [0.4, 0.5) is 0 Å². The van der Waals surface area contributed by atoms with Gasteiger partial charge in [0.05, 0.1) is 16.0 Å². The highest BCUT2D eigenvalue weighted by Crippen LogP contribution is 2.12. The largest absolute Gasteiger partial charge is 0.378 e. The van der Waals surface area contributed by atoms with Crippen LogP contribution in [0.15, 0.2) is 65.6 Å². The summed E-state index contributed by atoms with van der Waals surface area (Å²) in [4.78, 5) is 37.7. The molecular formula is C23H31Cl2N9O4. The zero-order valence-electron chi connectivity index (χ0n) is 22.0. The van der Waals surface area contributed by atoms with E-state index in [0.717, 1.165) is 17.3 Å². The van der Waals surface area contributed by atoms with Crippen LogP contribution in [0.5, 0.6) is 0 Å². The van der Waals surface area contributed by atoms with Gasteiger partial charge in [0.1, 0.15) is 10.3 Å². The molecule has 0 saturated heterocycles. The third kappa shape index (κ3) is 11.4. The van der Waals surface area contributed by atoms with E-state index in [9.17, 15) is 20.2 Å². The van der Waals surface area contributed by atoms with Crippen molar-refractivity contribution in [3.05, 3.63) is 102 Å². The molecule has 15 heteroatoms. The quantitative estimate of drug-likeness (QED) is 0.149. The number of nitro groups is 2. The number of pyridine rings is 2. The predicted molar refractivity (Wildman–Crippen MR) is 148 cm³/mol. The fourth-order valence-corrected chi connectivity index (χ4v) is 3.30. The van der Waals surface area contributed by atoms with E-state index >= 15 is 0 Å². The zero-order valence-corrected chi connectivity index (χ0v) is 23.5. The number of likely N-dealkylation sites (N-methyl/N-ethyl adjacent to an activating group) is 1. The molecule has 1 N–H and O–H groups in total. The number of nitrogens with zero attached hydrogens (tertiary/aromatic N) is 8. The van der Waals surface area contributed by atoms with Gasteiger partial charge in [0.2, 0.25) is 5.84 Å². The van der Waals surface area contributed by atoms with E-state index in [-0.39, 0.29) is 5.70 Å². The fraction of sp³-hybridized carbons (Fsp3) is 0.348. The van der Waals surface area contributed by atoms with Crippen LogP contribution >= 0.6 is 23.2 Å². The molecule has 13 nitrogen and oxygen atoms in total. The first kappa shape index (κ1) is 32.1. The summed E-state index contributed by atoms with van der Waals surface area (Å²) in [6, 6.07) is 7.00. The second-order valence-corrected chi connectivity index (χ2v) is 8.80. The Morgan fingerprint density at radius 1 is 0.974 bits per heavy atom. The number of halogens is 2. The second kappa shape index (κ2) is 16.0. The lowest BCUT2D eigenvalue weighted by atomic mass is 10.2. The van der Waals surface area contributed by atoms with Crippen LogP contribution < -0.4 is 5.32 Å². The van der Waals surface area contributed by atoms with E-state index in [4.69, 9.17) is 23.2 Å². The van der Waals surface area contributed by atoms with Crippen LogP contribution in [0.1, 0.15) is 11.1 Å². The molecule has 0 amide bonds. The number of amidine groups is 1. The minimum Gasteiger partial charge on any atom is -0.378 e. The summed E-state index contributed by atoms with van der Waals surface area (Å²) < 4.78 is 0. The molecule has 2 heterocycles. The Balaban J connectivity index is 0.000000389. The molecule has 0 saturated carbocycles. The third-order valence-corrected chi connectivity index (χ3v) is 5.14. The summed E-state index contributed by atoms with van der Waals surface area (Å²) >= 11 is 11.4. The van der Waals surface area contributed by atoms with Crippen LogP contribution in [0.2, 0.25) is 10.3 Å². The Morgan fingerprint density at radius 3 is 1.82 bits per heavy atom. The van der Waals surface area contributed by atoms with Crippen LogP contribution in [0.3, 0.4) is 0 Å². The molecule has 0 atom stereocenters. The maximum atomic E-state index is 11.2. The smallest absolute Gasteiger partial charge is 0.326 e. The van der Waals surface area contributed by atoms with Crippen LogP contribution in [0.25, 0.3) is 0 Å². The molecule has 0 fully saturated rings. The van der Waals surface area contributed by atoms with Crippen LogP contribution in [-0.4, -0.2) is 82.6 Å². The average molecular weight is 568 g/mol. The Kier molecular flexibility index (Phi) is 13.5. The van der Waals surface area contributed by atoms with Crippen molar-refractivity contribution in [1.82, 2.24) is 30.0 Å². The van der Waals surface area contributed by atoms with Gasteiger partial charge in [-0.2, -0.15) is 0 Å². The molecule has 38 heavy (non-hydrogen) atoms. The standard InChI is InChI=1S/C13H18ClN5O2.C10H13ClN4O2/c1-15-13(11(19(20)21)9-17(2)3)18(4)8-10-5-6-12(14)16-7-10;1-12-10(7-15(16)17)14(2)6-8-3-4-9(11)13-5-8/h5-7,9H,8H2,1-4H3;3-5,7,12H,6H2,1-2H3/b11-9-,15-13?;10-7+. The van der Waals surface area contributed by atoms with Crippen molar-refractivity contribution in [2.75, 3.05) is 42.3 Å². The summed E-state index contributed by atoms with van der Waals surface area (Å²) in [7, 11) is 10.1. The predicted octanol–water partition coefficient (Wildman–Crippen LogP) is 3.34. The van der Waals surface area contributed by atoms with Gasteiger partial charge in [-0.3, -0.25) is 25.2 Å². The van der Waals surface area contributed by atoms with Crippen molar-refractivity contribution in [3.8, 4) is 0 Å². The van der Waals surface area contributed by atoms with E-state index in [1.54, 1.807) is 74.5 Å². The van der Waals surface area contributed by atoms with Gasteiger partial charge >= 0.3 is 5.70 Å². The molecule has 0 radical (unpaired) electrons. The maximum Gasteiger partial charge on any atom is 0.326 e. The summed E-state index contributed by atoms with van der Waals surface area (Å²) in [6.07, 6.45) is 5.62. The molecule has 0 spiro atoms. The topological polar surface area (TPSA) is 146 Å². The maximum absolute atomic E-state index is 11.2. The van der Waals surface area contributed by atoms with Gasteiger partial charge in [0.15, 0.2) is 5.82 Å². The van der Waals surface area contributed by atoms with Gasteiger partial charge in [-0.15, -0.1) is 0 Å². The van der Waals surface area contributed by atoms with Gasteiger partial charge < -0.3 is 20.0 Å². The molecular weight excluding hydrogens is 537 g/mol. The normalized spacial score (nSPS) is 11.7. The number of hydrogen-bond acceptors (Lipinski definition) is 10. The summed E-state index contributed by atoms with van der Waals surface area (Å²) in [5.74, 6) is 0.716. The van der Waals surface area contributed by atoms with Crippen molar-refractivity contribution in [3.63, 3.8) is 0 Å². The van der Waals surface area contributed by atoms with Crippen molar-refractivity contribution < 1.29 is 9.85 Å². The second-order valence-electron chi connectivity index (χ2n) is 8.02. The van der Waals surface area contributed by atoms with E-state index in [1.165, 1.54) is 13.2 Å². The molecule has 0 aliphatic heterocycles. The SMILES string of the molecule is CN/C(=C\[N+](=O)[O-])N(C)Cc1ccc(Cl)nc1.CN=C(/C(=C/N(C)C)[N+](=O)[O-])N(C)Cc1ccc(Cl)nc1. The van der Waals surface area contributed by atoms with Crippen molar-refractivity contribution in [2.45, 2.75) is 13.1 Å². The van der Waals surface area contributed by atoms with E-state index in [1.807, 2.05) is 12.1 Å². The first-order valence-corrected chi connectivity index (χ1v) is 11.8. The number of nitrogens with one attached hydrogen (secondary N) is 1. The van der Waals surface area contributed by atoms with Crippen LogP contribution in [-0.2, 0) is 13.1 Å². The Hall–Kier alpha value is -3.97. The Morgan fingerprint density at radius 2 is 1.47 bits per heavy atom. The lowest BCUT2D eigenvalue weighted by molar-refractivity contribution is -0.416. The number of aromatic nitrogens is 2. The Labute approximate surface area is 231 Å². The molecule has 2 rings (SSSR count). The van der Waals surface area contributed by atoms with Gasteiger partial charge in [0, 0.05) is 67.8 Å². The monoisotopic (exact) mass is 567 g/mol. The van der Waals surface area contributed by atoms with E-state index < -0.39 is 9.85 Å². The lowest BCUT2D eigenvalue weighted by Crippen LogP contribution is -2.31. The van der Waals surface area contributed by atoms with Crippen LogP contribution in [0, 0.1) is 20.2 Å².